The molecule has 0 amide bonds. The maximum absolute atomic E-state index is 10.4. The number of hydrogen-bond donors (Lipinski definition) is 1. The molecule has 2 aromatic carbocycles. The van der Waals surface area contributed by atoms with Crippen LogP contribution in [0.1, 0.15) is 33.7 Å². The largest absolute Gasteiger partial charge is 0.508 e. The summed E-state index contributed by atoms with van der Waals surface area (Å²) in [7, 11) is 0. The van der Waals surface area contributed by atoms with Gasteiger partial charge in [0.15, 0.2) is 0 Å². The molecule has 116 valence electrons. The summed E-state index contributed by atoms with van der Waals surface area (Å²) >= 11 is 0. The van der Waals surface area contributed by atoms with Crippen molar-refractivity contribution in [2.24, 2.45) is 0 Å². The zero-order chi connectivity index (χ0) is 16.2. The summed E-state index contributed by atoms with van der Waals surface area (Å²) < 4.78 is 0. The average molecular weight is 303 g/mol. The molecule has 1 N–H and O–H groups in total. The standard InChI is InChI=1S/C21H21NO/c1-15-3-6-18(7-4-15)19(14-17-9-11-22-12-10-17)20-13-16(2)5-8-21(20)23/h3-13,19,23H,14H2,1-2H3. The van der Waals surface area contributed by atoms with Crippen molar-refractivity contribution < 1.29 is 5.11 Å². The Morgan fingerprint density at radius 2 is 1.52 bits per heavy atom. The van der Waals surface area contributed by atoms with Crippen molar-refractivity contribution in [1.82, 2.24) is 4.98 Å². The predicted octanol–water partition coefficient (Wildman–Crippen LogP) is 4.78. The fraction of sp³-hybridized carbons (Fsp3) is 0.190. The van der Waals surface area contributed by atoms with Crippen molar-refractivity contribution in [3.8, 4) is 5.75 Å². The van der Waals surface area contributed by atoms with E-state index in [0.29, 0.717) is 5.75 Å². The van der Waals surface area contributed by atoms with E-state index in [9.17, 15) is 5.11 Å². The highest BCUT2D eigenvalue weighted by Gasteiger charge is 2.18. The van der Waals surface area contributed by atoms with Crippen molar-refractivity contribution in [3.63, 3.8) is 0 Å². The summed E-state index contributed by atoms with van der Waals surface area (Å²) in [5.74, 6) is 0.480. The van der Waals surface area contributed by atoms with Crippen molar-refractivity contribution >= 4 is 0 Å². The van der Waals surface area contributed by atoms with E-state index in [0.717, 1.165) is 17.5 Å². The van der Waals surface area contributed by atoms with Gasteiger partial charge in [0.05, 0.1) is 0 Å². The van der Waals surface area contributed by atoms with Crippen LogP contribution in [-0.4, -0.2) is 10.1 Å². The first-order chi connectivity index (χ1) is 11.1. The molecule has 0 fully saturated rings. The zero-order valence-corrected chi connectivity index (χ0v) is 13.5. The molecule has 1 atom stereocenters. The Morgan fingerprint density at radius 1 is 0.870 bits per heavy atom. The van der Waals surface area contributed by atoms with Crippen molar-refractivity contribution in [3.05, 3.63) is 94.8 Å². The first kappa shape index (κ1) is 15.3. The number of rotatable bonds is 4. The highest BCUT2D eigenvalue weighted by atomic mass is 16.3. The van der Waals surface area contributed by atoms with Crippen LogP contribution in [-0.2, 0) is 6.42 Å². The van der Waals surface area contributed by atoms with E-state index in [1.54, 1.807) is 6.07 Å². The lowest BCUT2D eigenvalue weighted by molar-refractivity contribution is 0.464. The van der Waals surface area contributed by atoms with Crippen LogP contribution in [0.15, 0.2) is 67.0 Å². The molecule has 1 aromatic heterocycles. The van der Waals surface area contributed by atoms with Gasteiger partial charge in [0.1, 0.15) is 5.75 Å². The Balaban J connectivity index is 2.05. The van der Waals surface area contributed by atoms with Crippen LogP contribution in [0.5, 0.6) is 5.75 Å². The van der Waals surface area contributed by atoms with Gasteiger partial charge in [-0.25, -0.2) is 0 Å². The normalized spacial score (nSPS) is 12.1. The quantitative estimate of drug-likeness (QED) is 0.752. The van der Waals surface area contributed by atoms with Gasteiger partial charge in [0, 0.05) is 23.9 Å². The predicted molar refractivity (Wildman–Crippen MR) is 93.8 cm³/mol. The molecule has 0 radical (unpaired) electrons. The lowest BCUT2D eigenvalue weighted by atomic mass is 9.85. The van der Waals surface area contributed by atoms with E-state index in [1.807, 2.05) is 30.6 Å². The third-order valence-electron chi connectivity index (χ3n) is 4.23. The van der Waals surface area contributed by atoms with Crippen LogP contribution in [0.25, 0.3) is 0 Å². The Hall–Kier alpha value is -2.61. The zero-order valence-electron chi connectivity index (χ0n) is 13.5. The topological polar surface area (TPSA) is 33.1 Å². The van der Waals surface area contributed by atoms with Gasteiger partial charge in [-0.05, 0) is 49.6 Å². The number of hydrogen-bond acceptors (Lipinski definition) is 2. The minimum Gasteiger partial charge on any atom is -0.508 e. The number of phenolic OH excluding ortho intramolecular Hbond substituents is 1. The van der Waals surface area contributed by atoms with Crippen LogP contribution in [0.3, 0.4) is 0 Å². The summed E-state index contributed by atoms with van der Waals surface area (Å²) in [6, 6.07) is 18.5. The maximum Gasteiger partial charge on any atom is 0.119 e. The van der Waals surface area contributed by atoms with Crippen LogP contribution < -0.4 is 0 Å². The van der Waals surface area contributed by atoms with E-state index in [4.69, 9.17) is 0 Å². The molecule has 0 bridgehead atoms. The number of aromatic hydroxyl groups is 1. The summed E-state index contributed by atoms with van der Waals surface area (Å²) in [6.07, 6.45) is 4.47. The van der Waals surface area contributed by atoms with Crippen molar-refractivity contribution in [2.45, 2.75) is 26.2 Å². The molecule has 0 spiro atoms. The number of nitrogens with zero attached hydrogens (tertiary/aromatic N) is 1. The van der Waals surface area contributed by atoms with Crippen LogP contribution in [0.4, 0.5) is 0 Å². The van der Waals surface area contributed by atoms with Gasteiger partial charge in [0.2, 0.25) is 0 Å². The molecule has 23 heavy (non-hydrogen) atoms. The third-order valence-corrected chi connectivity index (χ3v) is 4.23. The van der Waals surface area contributed by atoms with Gasteiger partial charge in [-0.1, -0.05) is 47.5 Å². The van der Waals surface area contributed by atoms with Crippen LogP contribution in [0, 0.1) is 13.8 Å². The summed E-state index contributed by atoms with van der Waals surface area (Å²) in [4.78, 5) is 4.09. The molecule has 1 heterocycles. The monoisotopic (exact) mass is 303 g/mol. The highest BCUT2D eigenvalue weighted by molar-refractivity contribution is 5.45. The lowest BCUT2D eigenvalue weighted by Crippen LogP contribution is -2.06. The van der Waals surface area contributed by atoms with E-state index in [1.165, 1.54) is 16.7 Å². The minimum absolute atomic E-state index is 0.123. The molecule has 3 aromatic rings. The molecular formula is C21H21NO. The average Bonchev–Trinajstić information content (AvgIpc) is 2.57. The van der Waals surface area contributed by atoms with E-state index < -0.39 is 0 Å². The van der Waals surface area contributed by atoms with Gasteiger partial charge in [0.25, 0.3) is 0 Å². The van der Waals surface area contributed by atoms with Crippen LogP contribution in [0.2, 0.25) is 0 Å². The van der Waals surface area contributed by atoms with E-state index >= 15 is 0 Å². The highest BCUT2D eigenvalue weighted by Crippen LogP contribution is 2.34. The fourth-order valence-corrected chi connectivity index (χ4v) is 2.91. The summed E-state index contributed by atoms with van der Waals surface area (Å²) in [5, 5.41) is 10.4. The second-order valence-electron chi connectivity index (χ2n) is 6.09. The van der Waals surface area contributed by atoms with Crippen LogP contribution >= 0.6 is 0 Å². The number of pyridine rings is 1. The summed E-state index contributed by atoms with van der Waals surface area (Å²) in [6.45, 7) is 4.15. The number of aryl methyl sites for hydroxylation is 2. The molecule has 0 saturated carbocycles. The molecule has 3 rings (SSSR count). The molecule has 1 unspecified atom stereocenters. The smallest absolute Gasteiger partial charge is 0.119 e. The Morgan fingerprint density at radius 3 is 2.22 bits per heavy atom. The number of aromatic nitrogens is 1. The molecular weight excluding hydrogens is 282 g/mol. The van der Waals surface area contributed by atoms with Gasteiger partial charge in [-0.3, -0.25) is 4.98 Å². The second kappa shape index (κ2) is 6.66. The minimum atomic E-state index is 0.123. The molecule has 0 aliphatic carbocycles. The van der Waals surface area contributed by atoms with E-state index in [2.05, 4.69) is 49.2 Å². The van der Waals surface area contributed by atoms with Crippen molar-refractivity contribution in [1.29, 1.82) is 0 Å². The summed E-state index contributed by atoms with van der Waals surface area (Å²) in [5.41, 5.74) is 5.81. The SMILES string of the molecule is Cc1ccc(C(Cc2ccncc2)c2cc(C)ccc2O)cc1. The third kappa shape index (κ3) is 3.59. The molecule has 0 aliphatic heterocycles. The first-order valence-electron chi connectivity index (χ1n) is 7.88. The van der Waals surface area contributed by atoms with E-state index in [-0.39, 0.29) is 5.92 Å². The van der Waals surface area contributed by atoms with Gasteiger partial charge >= 0.3 is 0 Å². The number of benzene rings is 2. The Kier molecular flexibility index (Phi) is 4.42. The molecule has 2 heteroatoms. The first-order valence-corrected chi connectivity index (χ1v) is 7.88. The lowest BCUT2D eigenvalue weighted by Gasteiger charge is -2.20. The Bertz CT molecular complexity index is 779. The molecule has 0 aliphatic rings. The number of phenols is 1. The fourth-order valence-electron chi connectivity index (χ4n) is 2.91. The Labute approximate surface area is 137 Å². The molecule has 0 saturated heterocycles. The van der Waals surface area contributed by atoms with Gasteiger partial charge in [-0.15, -0.1) is 0 Å². The maximum atomic E-state index is 10.4. The van der Waals surface area contributed by atoms with Gasteiger partial charge in [-0.2, -0.15) is 0 Å². The molecule has 2 nitrogen and oxygen atoms in total. The second-order valence-corrected chi connectivity index (χ2v) is 6.09. The van der Waals surface area contributed by atoms with Crippen molar-refractivity contribution in [2.75, 3.05) is 0 Å². The van der Waals surface area contributed by atoms with Gasteiger partial charge < -0.3 is 5.11 Å².